The molecule has 2 aromatic carbocycles. The maximum absolute atomic E-state index is 12.6. The van der Waals surface area contributed by atoms with Crippen molar-refractivity contribution in [1.29, 1.82) is 0 Å². The highest BCUT2D eigenvalue weighted by atomic mass is 19.4. The third kappa shape index (κ3) is 2.71. The van der Waals surface area contributed by atoms with Crippen LogP contribution in [0.4, 0.5) is 13.2 Å². The Hall–Kier alpha value is -2.30. The van der Waals surface area contributed by atoms with Crippen molar-refractivity contribution in [2.24, 2.45) is 0 Å². The van der Waals surface area contributed by atoms with Gasteiger partial charge in [-0.1, -0.05) is 42.5 Å². The number of amides is 1. The van der Waals surface area contributed by atoms with Crippen molar-refractivity contribution >= 4 is 5.91 Å². The fraction of sp³-hybridized carbons (Fsp3) is 0.235. The number of benzene rings is 2. The molecular weight excluding hydrogens is 291 g/mol. The highest BCUT2D eigenvalue weighted by Gasteiger charge is 2.37. The van der Waals surface area contributed by atoms with E-state index < -0.39 is 11.7 Å². The standard InChI is InChI=1S/C17H14F3NO/c18-17(19,20)13-8-6-11(7-9-13)14-10-21-16(22)15(14)12-4-2-1-3-5-12/h1-9,14-15H,10H2,(H,21,22). The van der Waals surface area contributed by atoms with E-state index in [0.717, 1.165) is 23.3 Å². The second kappa shape index (κ2) is 5.48. The van der Waals surface area contributed by atoms with Crippen molar-refractivity contribution in [2.75, 3.05) is 6.54 Å². The molecule has 3 rings (SSSR count). The monoisotopic (exact) mass is 305 g/mol. The minimum atomic E-state index is -4.35. The van der Waals surface area contributed by atoms with E-state index in [4.69, 9.17) is 0 Å². The van der Waals surface area contributed by atoms with E-state index in [1.807, 2.05) is 30.3 Å². The molecule has 0 radical (unpaired) electrons. The highest BCUT2D eigenvalue weighted by molar-refractivity contribution is 5.87. The first-order valence-electron chi connectivity index (χ1n) is 6.96. The molecule has 1 aliphatic rings. The normalized spacial score (nSPS) is 21.7. The molecular formula is C17H14F3NO. The molecule has 2 atom stereocenters. The van der Waals surface area contributed by atoms with E-state index in [1.54, 1.807) is 0 Å². The molecule has 1 saturated heterocycles. The third-order valence-corrected chi connectivity index (χ3v) is 4.01. The molecule has 5 heteroatoms. The van der Waals surface area contributed by atoms with Crippen molar-refractivity contribution in [1.82, 2.24) is 5.32 Å². The zero-order valence-corrected chi connectivity index (χ0v) is 11.6. The molecule has 0 spiro atoms. The summed E-state index contributed by atoms with van der Waals surface area (Å²) in [4.78, 5) is 12.1. The minimum Gasteiger partial charge on any atom is -0.355 e. The lowest BCUT2D eigenvalue weighted by Gasteiger charge is -2.18. The smallest absolute Gasteiger partial charge is 0.355 e. The Bertz CT molecular complexity index is 665. The van der Waals surface area contributed by atoms with Gasteiger partial charge in [0.2, 0.25) is 5.91 Å². The summed E-state index contributed by atoms with van der Waals surface area (Å²) in [6, 6.07) is 14.4. The number of rotatable bonds is 2. The predicted octanol–water partition coefficient (Wildman–Crippen LogP) is 3.70. The number of nitrogens with one attached hydrogen (secondary N) is 1. The number of carbonyl (C=O) groups is 1. The van der Waals surface area contributed by atoms with E-state index in [0.29, 0.717) is 6.54 Å². The van der Waals surface area contributed by atoms with Gasteiger partial charge in [0.25, 0.3) is 0 Å². The minimum absolute atomic E-state index is 0.0869. The Labute approximate surface area is 126 Å². The predicted molar refractivity (Wildman–Crippen MR) is 76.4 cm³/mol. The van der Waals surface area contributed by atoms with Gasteiger partial charge in [-0.25, -0.2) is 0 Å². The summed E-state index contributed by atoms with van der Waals surface area (Å²) in [5.41, 5.74) is 0.937. The van der Waals surface area contributed by atoms with Crippen LogP contribution in [0.25, 0.3) is 0 Å². The molecule has 1 heterocycles. The number of hydrogen-bond acceptors (Lipinski definition) is 1. The van der Waals surface area contributed by atoms with E-state index in [-0.39, 0.29) is 17.7 Å². The van der Waals surface area contributed by atoms with Gasteiger partial charge in [-0.05, 0) is 23.3 Å². The first-order chi connectivity index (χ1) is 10.5. The van der Waals surface area contributed by atoms with Gasteiger partial charge < -0.3 is 5.32 Å². The summed E-state index contributed by atoms with van der Waals surface area (Å²) >= 11 is 0. The van der Waals surface area contributed by atoms with Crippen LogP contribution in [0.2, 0.25) is 0 Å². The molecule has 0 aliphatic carbocycles. The van der Waals surface area contributed by atoms with Gasteiger partial charge in [0.1, 0.15) is 0 Å². The summed E-state index contributed by atoms with van der Waals surface area (Å²) in [6.45, 7) is 0.434. The van der Waals surface area contributed by atoms with Crippen molar-refractivity contribution in [3.63, 3.8) is 0 Å². The average molecular weight is 305 g/mol. The molecule has 0 saturated carbocycles. The highest BCUT2D eigenvalue weighted by Crippen LogP contribution is 2.38. The Morgan fingerprint density at radius 1 is 0.909 bits per heavy atom. The average Bonchev–Trinajstić information content (AvgIpc) is 2.89. The van der Waals surface area contributed by atoms with Crippen molar-refractivity contribution in [2.45, 2.75) is 18.0 Å². The second-order valence-corrected chi connectivity index (χ2v) is 5.36. The topological polar surface area (TPSA) is 29.1 Å². The Kier molecular flexibility index (Phi) is 3.64. The number of alkyl halides is 3. The van der Waals surface area contributed by atoms with Gasteiger partial charge >= 0.3 is 6.18 Å². The molecule has 2 nitrogen and oxygen atoms in total. The largest absolute Gasteiger partial charge is 0.416 e. The van der Waals surface area contributed by atoms with Crippen LogP contribution in [0.1, 0.15) is 28.5 Å². The van der Waals surface area contributed by atoms with Gasteiger partial charge in [-0.3, -0.25) is 4.79 Å². The lowest BCUT2D eigenvalue weighted by molar-refractivity contribution is -0.137. The van der Waals surface area contributed by atoms with Crippen LogP contribution in [0, 0.1) is 0 Å². The number of carbonyl (C=O) groups excluding carboxylic acids is 1. The molecule has 2 aromatic rings. The number of halogens is 3. The first kappa shape index (κ1) is 14.6. The van der Waals surface area contributed by atoms with E-state index in [9.17, 15) is 18.0 Å². The SMILES string of the molecule is O=C1NCC(c2ccc(C(F)(F)F)cc2)C1c1ccccc1. The Morgan fingerprint density at radius 3 is 2.14 bits per heavy atom. The van der Waals surface area contributed by atoms with Crippen LogP contribution in [-0.4, -0.2) is 12.5 Å². The van der Waals surface area contributed by atoms with Gasteiger partial charge in [0.15, 0.2) is 0 Å². The van der Waals surface area contributed by atoms with Crippen LogP contribution >= 0.6 is 0 Å². The van der Waals surface area contributed by atoms with E-state index in [1.165, 1.54) is 12.1 Å². The molecule has 1 fully saturated rings. The van der Waals surface area contributed by atoms with Crippen molar-refractivity contribution in [3.8, 4) is 0 Å². The quantitative estimate of drug-likeness (QED) is 0.900. The summed E-state index contributed by atoms with van der Waals surface area (Å²) in [7, 11) is 0. The van der Waals surface area contributed by atoms with Gasteiger partial charge in [-0.2, -0.15) is 13.2 Å². The van der Waals surface area contributed by atoms with E-state index in [2.05, 4.69) is 5.32 Å². The molecule has 22 heavy (non-hydrogen) atoms. The van der Waals surface area contributed by atoms with Crippen LogP contribution < -0.4 is 5.32 Å². The molecule has 0 bridgehead atoms. The molecule has 1 aliphatic heterocycles. The van der Waals surface area contributed by atoms with E-state index >= 15 is 0 Å². The van der Waals surface area contributed by atoms with Crippen LogP contribution in [-0.2, 0) is 11.0 Å². The molecule has 2 unspecified atom stereocenters. The summed E-state index contributed by atoms with van der Waals surface area (Å²) in [6.07, 6.45) is -4.35. The van der Waals surface area contributed by atoms with Crippen molar-refractivity contribution in [3.05, 3.63) is 71.3 Å². The molecule has 0 aromatic heterocycles. The Balaban J connectivity index is 1.92. The molecule has 1 N–H and O–H groups in total. The van der Waals surface area contributed by atoms with Crippen molar-refractivity contribution < 1.29 is 18.0 Å². The summed E-state index contributed by atoms with van der Waals surface area (Å²) in [5.74, 6) is -0.605. The van der Waals surface area contributed by atoms with Crippen LogP contribution in [0.15, 0.2) is 54.6 Å². The molecule has 1 amide bonds. The lowest BCUT2D eigenvalue weighted by atomic mass is 9.83. The zero-order valence-electron chi connectivity index (χ0n) is 11.6. The molecule has 114 valence electrons. The number of hydrogen-bond donors (Lipinski definition) is 1. The van der Waals surface area contributed by atoms with Gasteiger partial charge in [-0.15, -0.1) is 0 Å². The fourth-order valence-electron chi connectivity index (χ4n) is 2.89. The maximum atomic E-state index is 12.6. The maximum Gasteiger partial charge on any atom is 0.416 e. The third-order valence-electron chi connectivity index (χ3n) is 4.01. The van der Waals surface area contributed by atoms with Crippen LogP contribution in [0.5, 0.6) is 0 Å². The Morgan fingerprint density at radius 2 is 1.55 bits per heavy atom. The first-order valence-corrected chi connectivity index (χ1v) is 6.96. The summed E-state index contributed by atoms with van der Waals surface area (Å²) < 4.78 is 37.9. The second-order valence-electron chi connectivity index (χ2n) is 5.36. The van der Waals surface area contributed by atoms with Crippen LogP contribution in [0.3, 0.4) is 0 Å². The van der Waals surface area contributed by atoms with Gasteiger partial charge in [0, 0.05) is 12.5 Å². The fourth-order valence-corrected chi connectivity index (χ4v) is 2.89. The zero-order chi connectivity index (χ0) is 15.7. The summed E-state index contributed by atoms with van der Waals surface area (Å²) in [5, 5.41) is 2.80. The lowest BCUT2D eigenvalue weighted by Crippen LogP contribution is -2.18. The van der Waals surface area contributed by atoms with Gasteiger partial charge in [0.05, 0.1) is 11.5 Å².